The summed E-state index contributed by atoms with van der Waals surface area (Å²) in [7, 11) is 1.48. The molecule has 5 nitrogen and oxygen atoms in total. The lowest BCUT2D eigenvalue weighted by Gasteiger charge is -2.16. The van der Waals surface area contributed by atoms with Crippen molar-refractivity contribution in [3.05, 3.63) is 36.5 Å². The predicted octanol–water partition coefficient (Wildman–Crippen LogP) is 2.90. The molecular weight excluding hydrogens is 270 g/mol. The Hall–Kier alpha value is -1.72. The highest BCUT2D eigenvalue weighted by Gasteiger charge is 2.13. The van der Waals surface area contributed by atoms with E-state index < -0.39 is 12.4 Å². The summed E-state index contributed by atoms with van der Waals surface area (Å²) in [6, 6.07) is 6.77. The van der Waals surface area contributed by atoms with Crippen LogP contribution in [0.4, 0.5) is 4.79 Å². The van der Waals surface area contributed by atoms with Gasteiger partial charge in [-0.15, -0.1) is 11.6 Å². The standard InChI is InChI=1S/C13H16ClNO4/c1-3-8-15-13(16)19-11-7-5-4-6-10(11)18-12(9-14)17-2/h3-8,12H,9H2,1-2H3,(H,15,16). The lowest BCUT2D eigenvalue weighted by Crippen LogP contribution is -2.23. The van der Waals surface area contributed by atoms with E-state index in [2.05, 4.69) is 5.32 Å². The second-order valence-corrected chi connectivity index (χ2v) is 3.73. The van der Waals surface area contributed by atoms with Crippen LogP contribution in [-0.2, 0) is 4.74 Å². The molecule has 1 atom stereocenters. The molecule has 1 N–H and O–H groups in total. The number of halogens is 1. The van der Waals surface area contributed by atoms with Crippen molar-refractivity contribution in [2.75, 3.05) is 13.0 Å². The summed E-state index contributed by atoms with van der Waals surface area (Å²) >= 11 is 5.66. The van der Waals surface area contributed by atoms with Gasteiger partial charge in [0, 0.05) is 13.3 Å². The molecule has 0 heterocycles. The van der Waals surface area contributed by atoms with Crippen molar-refractivity contribution in [3.8, 4) is 11.5 Å². The van der Waals surface area contributed by atoms with Crippen LogP contribution in [-0.4, -0.2) is 25.4 Å². The number of rotatable bonds is 6. The molecule has 0 saturated carbocycles. The first-order valence-corrected chi connectivity index (χ1v) is 6.18. The Morgan fingerprint density at radius 2 is 2.11 bits per heavy atom. The van der Waals surface area contributed by atoms with E-state index in [4.69, 9.17) is 25.8 Å². The van der Waals surface area contributed by atoms with Gasteiger partial charge in [0.1, 0.15) is 0 Å². The van der Waals surface area contributed by atoms with Crippen LogP contribution in [0, 0.1) is 0 Å². The van der Waals surface area contributed by atoms with Crippen LogP contribution in [0.25, 0.3) is 0 Å². The van der Waals surface area contributed by atoms with Gasteiger partial charge in [-0.2, -0.15) is 0 Å². The molecule has 0 aliphatic rings. The molecule has 6 heteroatoms. The third kappa shape index (κ3) is 5.19. The van der Waals surface area contributed by atoms with Gasteiger partial charge in [0.2, 0.25) is 6.29 Å². The van der Waals surface area contributed by atoms with Gasteiger partial charge in [-0.1, -0.05) is 18.2 Å². The van der Waals surface area contributed by atoms with Gasteiger partial charge in [-0.3, -0.25) is 5.32 Å². The summed E-state index contributed by atoms with van der Waals surface area (Å²) in [4.78, 5) is 11.5. The van der Waals surface area contributed by atoms with Gasteiger partial charge in [0.15, 0.2) is 11.5 Å². The van der Waals surface area contributed by atoms with E-state index >= 15 is 0 Å². The maximum Gasteiger partial charge on any atom is 0.416 e. The first-order chi connectivity index (χ1) is 9.21. The molecule has 0 saturated heterocycles. The second-order valence-electron chi connectivity index (χ2n) is 3.42. The lowest BCUT2D eigenvalue weighted by molar-refractivity contribution is -0.0366. The first kappa shape index (κ1) is 15.3. The van der Waals surface area contributed by atoms with Gasteiger partial charge < -0.3 is 14.2 Å². The van der Waals surface area contributed by atoms with Crippen molar-refractivity contribution < 1.29 is 19.0 Å². The molecule has 0 fully saturated rings. The third-order valence-electron chi connectivity index (χ3n) is 2.07. The highest BCUT2D eigenvalue weighted by atomic mass is 35.5. The first-order valence-electron chi connectivity index (χ1n) is 5.65. The summed E-state index contributed by atoms with van der Waals surface area (Å²) in [5.41, 5.74) is 0. The number of allylic oxidation sites excluding steroid dienone is 1. The predicted molar refractivity (Wildman–Crippen MR) is 72.6 cm³/mol. The molecule has 1 amide bonds. The van der Waals surface area contributed by atoms with Gasteiger partial charge in [0.25, 0.3) is 0 Å². The van der Waals surface area contributed by atoms with E-state index in [9.17, 15) is 4.79 Å². The Morgan fingerprint density at radius 1 is 1.42 bits per heavy atom. The van der Waals surface area contributed by atoms with Crippen LogP contribution < -0.4 is 14.8 Å². The quantitative estimate of drug-likeness (QED) is 0.645. The molecule has 19 heavy (non-hydrogen) atoms. The summed E-state index contributed by atoms with van der Waals surface area (Å²) in [6.07, 6.45) is 1.94. The number of nitrogens with one attached hydrogen (secondary N) is 1. The molecule has 0 aliphatic heterocycles. The van der Waals surface area contributed by atoms with E-state index in [1.165, 1.54) is 13.3 Å². The van der Waals surface area contributed by atoms with Crippen LogP contribution in [0.2, 0.25) is 0 Å². The number of carbonyl (C=O) groups excluding carboxylic acids is 1. The third-order valence-corrected chi connectivity index (χ3v) is 2.32. The number of alkyl halides is 1. The molecule has 1 aromatic carbocycles. The number of benzene rings is 1. The zero-order valence-electron chi connectivity index (χ0n) is 10.8. The SMILES string of the molecule is CC=CNC(=O)Oc1ccccc1OC(CCl)OC. The number of amides is 1. The summed E-state index contributed by atoms with van der Waals surface area (Å²) in [6.45, 7) is 1.78. The van der Waals surface area contributed by atoms with E-state index in [0.717, 1.165) is 0 Å². The lowest BCUT2D eigenvalue weighted by atomic mass is 10.3. The van der Waals surface area contributed by atoms with E-state index in [-0.39, 0.29) is 11.6 Å². The fourth-order valence-electron chi connectivity index (χ4n) is 1.20. The maximum atomic E-state index is 11.5. The van der Waals surface area contributed by atoms with Crippen molar-refractivity contribution in [1.82, 2.24) is 5.32 Å². The van der Waals surface area contributed by atoms with Crippen LogP contribution in [0.3, 0.4) is 0 Å². The monoisotopic (exact) mass is 285 g/mol. The van der Waals surface area contributed by atoms with Gasteiger partial charge in [-0.05, 0) is 19.1 Å². The Kier molecular flexibility index (Phi) is 6.78. The van der Waals surface area contributed by atoms with Crippen molar-refractivity contribution >= 4 is 17.7 Å². The molecule has 0 spiro atoms. The summed E-state index contributed by atoms with van der Waals surface area (Å²) in [5, 5.41) is 2.43. The average Bonchev–Trinajstić information content (AvgIpc) is 2.44. The highest BCUT2D eigenvalue weighted by molar-refractivity contribution is 6.18. The second kappa shape index (κ2) is 8.39. The minimum atomic E-state index is -0.606. The number of ether oxygens (including phenoxy) is 3. The van der Waals surface area contributed by atoms with Crippen molar-refractivity contribution in [2.24, 2.45) is 0 Å². The summed E-state index contributed by atoms with van der Waals surface area (Å²) < 4.78 is 15.6. The van der Waals surface area contributed by atoms with Crippen molar-refractivity contribution in [1.29, 1.82) is 0 Å². The zero-order chi connectivity index (χ0) is 14.1. The molecule has 0 bridgehead atoms. The Labute approximate surface area is 117 Å². The topological polar surface area (TPSA) is 56.8 Å². The molecule has 1 rings (SSSR count). The molecule has 0 aliphatic carbocycles. The number of para-hydroxylation sites is 2. The van der Waals surface area contributed by atoms with Gasteiger partial charge in [-0.25, -0.2) is 4.79 Å². The molecule has 0 radical (unpaired) electrons. The van der Waals surface area contributed by atoms with Crippen LogP contribution in [0.15, 0.2) is 36.5 Å². The van der Waals surface area contributed by atoms with Gasteiger partial charge >= 0.3 is 6.09 Å². The normalized spacial score (nSPS) is 12.2. The Balaban J connectivity index is 2.75. The minimum Gasteiger partial charge on any atom is -0.460 e. The fraction of sp³-hybridized carbons (Fsp3) is 0.308. The number of carbonyl (C=O) groups is 1. The molecule has 1 aromatic rings. The van der Waals surface area contributed by atoms with Crippen molar-refractivity contribution in [2.45, 2.75) is 13.2 Å². The average molecular weight is 286 g/mol. The van der Waals surface area contributed by atoms with Crippen molar-refractivity contribution in [3.63, 3.8) is 0 Å². The van der Waals surface area contributed by atoms with Crippen LogP contribution >= 0.6 is 11.6 Å². The van der Waals surface area contributed by atoms with Gasteiger partial charge in [0.05, 0.1) is 5.88 Å². The largest absolute Gasteiger partial charge is 0.460 e. The molecule has 0 aromatic heterocycles. The molecular formula is C13H16ClNO4. The van der Waals surface area contributed by atoms with E-state index in [0.29, 0.717) is 5.75 Å². The van der Waals surface area contributed by atoms with E-state index in [1.807, 2.05) is 0 Å². The van der Waals surface area contributed by atoms with E-state index in [1.54, 1.807) is 37.3 Å². The fourth-order valence-corrected chi connectivity index (χ4v) is 1.39. The molecule has 1 unspecified atom stereocenters. The van der Waals surface area contributed by atoms with Crippen LogP contribution in [0.5, 0.6) is 11.5 Å². The molecule has 104 valence electrons. The summed E-state index contributed by atoms with van der Waals surface area (Å²) in [5.74, 6) is 0.831. The number of hydrogen-bond acceptors (Lipinski definition) is 4. The minimum absolute atomic E-state index is 0.162. The Morgan fingerprint density at radius 3 is 2.68 bits per heavy atom. The smallest absolute Gasteiger partial charge is 0.416 e. The Bertz CT molecular complexity index is 432. The van der Waals surface area contributed by atoms with Crippen LogP contribution in [0.1, 0.15) is 6.92 Å². The number of methoxy groups -OCH3 is 1. The zero-order valence-corrected chi connectivity index (χ0v) is 11.5. The maximum absolute atomic E-state index is 11.5. The number of hydrogen-bond donors (Lipinski definition) is 1. The highest BCUT2D eigenvalue weighted by Crippen LogP contribution is 2.27.